The van der Waals surface area contributed by atoms with Gasteiger partial charge in [0.1, 0.15) is 5.82 Å². The van der Waals surface area contributed by atoms with Crippen molar-refractivity contribution in [3.05, 3.63) is 35.3 Å². The fourth-order valence-corrected chi connectivity index (χ4v) is 3.43. The van der Waals surface area contributed by atoms with Gasteiger partial charge in [0, 0.05) is 30.8 Å². The second-order valence-corrected chi connectivity index (χ2v) is 6.52. The number of alkyl halides is 3. The van der Waals surface area contributed by atoms with Crippen LogP contribution in [0.1, 0.15) is 36.9 Å². The summed E-state index contributed by atoms with van der Waals surface area (Å²) in [4.78, 5) is 7.86. The predicted molar refractivity (Wildman–Crippen MR) is 89.6 cm³/mol. The van der Waals surface area contributed by atoms with E-state index in [4.69, 9.17) is 15.2 Å². The summed E-state index contributed by atoms with van der Waals surface area (Å²) in [6, 6.07) is 1.56. The van der Waals surface area contributed by atoms with Gasteiger partial charge in [0.15, 0.2) is 11.5 Å². The van der Waals surface area contributed by atoms with Crippen LogP contribution in [0.15, 0.2) is 24.0 Å². The zero-order valence-electron chi connectivity index (χ0n) is 14.4. The van der Waals surface area contributed by atoms with Gasteiger partial charge in [-0.15, -0.1) is 0 Å². The highest BCUT2D eigenvalue weighted by molar-refractivity contribution is 5.67. The lowest BCUT2D eigenvalue weighted by Crippen LogP contribution is -2.33. The maximum absolute atomic E-state index is 13.5. The Kier molecular flexibility index (Phi) is 4.39. The summed E-state index contributed by atoms with van der Waals surface area (Å²) in [6.07, 6.45) is 2.02. The van der Waals surface area contributed by atoms with Gasteiger partial charge in [-0.2, -0.15) is 23.0 Å². The number of ether oxygens (including phenoxy) is 2. The summed E-state index contributed by atoms with van der Waals surface area (Å²) in [6.45, 7) is 1.10. The Hall–Kier alpha value is -2.46. The van der Waals surface area contributed by atoms with E-state index in [1.807, 2.05) is 0 Å². The van der Waals surface area contributed by atoms with E-state index in [-0.39, 0.29) is 17.3 Å². The van der Waals surface area contributed by atoms with Crippen LogP contribution in [0.2, 0.25) is 0 Å². The maximum atomic E-state index is 13.5. The monoisotopic (exact) mass is 381 g/mol. The van der Waals surface area contributed by atoms with Crippen molar-refractivity contribution in [2.45, 2.75) is 37.6 Å². The smallest absolute Gasteiger partial charge is 0.383 e. The summed E-state index contributed by atoms with van der Waals surface area (Å²) in [5.74, 6) is -0.743. The molecule has 0 radical (unpaired) electrons. The third kappa shape index (κ3) is 3.42. The van der Waals surface area contributed by atoms with Crippen molar-refractivity contribution < 1.29 is 22.6 Å². The first-order valence-electron chi connectivity index (χ1n) is 8.58. The fourth-order valence-electron chi connectivity index (χ4n) is 3.43. The topological polar surface area (TPSA) is 88.1 Å². The molecule has 4 rings (SSSR count). The molecule has 27 heavy (non-hydrogen) atoms. The highest BCUT2D eigenvalue weighted by Gasteiger charge is 2.41. The number of aromatic nitrogens is 4. The van der Waals surface area contributed by atoms with Crippen LogP contribution < -0.4 is 5.73 Å². The molecule has 2 aromatic heterocycles. The highest BCUT2D eigenvalue weighted by atomic mass is 19.4. The van der Waals surface area contributed by atoms with Crippen molar-refractivity contribution in [2.75, 3.05) is 18.9 Å². The molecule has 144 valence electrons. The van der Waals surface area contributed by atoms with E-state index in [1.54, 1.807) is 6.07 Å². The Bertz CT molecular complexity index is 845. The average Bonchev–Trinajstić information content (AvgIpc) is 3.23. The molecule has 1 saturated heterocycles. The first-order chi connectivity index (χ1) is 12.9. The molecule has 0 atom stereocenters. The number of halogens is 3. The molecule has 0 unspecified atom stereocenters. The predicted octanol–water partition coefficient (Wildman–Crippen LogP) is 2.96. The number of nitrogens with zero attached hydrogens (tertiary/aromatic N) is 4. The third-order valence-electron chi connectivity index (χ3n) is 4.79. The van der Waals surface area contributed by atoms with E-state index in [9.17, 15) is 13.2 Å². The van der Waals surface area contributed by atoms with E-state index in [1.165, 1.54) is 18.5 Å². The number of allylic oxidation sites excluding steroid dienone is 1. The van der Waals surface area contributed by atoms with Crippen molar-refractivity contribution in [1.82, 2.24) is 19.7 Å². The summed E-state index contributed by atoms with van der Waals surface area (Å²) in [7, 11) is 0. The zero-order valence-corrected chi connectivity index (χ0v) is 14.4. The standard InChI is InChI=1S/C17H18F3N5O2/c18-17(19,20)13-12(14(21)25(24-13)15-22-6-1-7-23-15)10-11-2-4-16(5-3-11)26-8-9-27-16/h1,6-7,10H,2-5,8-9,21H2. The van der Waals surface area contributed by atoms with Gasteiger partial charge in [0.2, 0.25) is 0 Å². The average molecular weight is 381 g/mol. The molecule has 2 N–H and O–H groups in total. The molecule has 0 bridgehead atoms. The largest absolute Gasteiger partial charge is 0.435 e. The van der Waals surface area contributed by atoms with Gasteiger partial charge in [-0.3, -0.25) is 0 Å². The van der Waals surface area contributed by atoms with Crippen LogP contribution in [0.25, 0.3) is 12.0 Å². The quantitative estimate of drug-likeness (QED) is 0.861. The Labute approximate surface area is 153 Å². The SMILES string of the molecule is Nc1c(C=C2CCC3(CC2)OCCO3)c(C(F)(F)F)nn1-c1ncccn1. The zero-order chi connectivity index (χ0) is 19.1. The molecule has 1 aliphatic heterocycles. The molecule has 3 heterocycles. The van der Waals surface area contributed by atoms with E-state index in [0.29, 0.717) is 38.9 Å². The van der Waals surface area contributed by atoms with Crippen molar-refractivity contribution >= 4 is 11.9 Å². The van der Waals surface area contributed by atoms with E-state index in [2.05, 4.69) is 15.1 Å². The maximum Gasteiger partial charge on any atom is 0.435 e. The molecule has 0 aromatic carbocycles. The summed E-state index contributed by atoms with van der Waals surface area (Å²) in [5, 5.41) is 3.64. The molecule has 7 nitrogen and oxygen atoms in total. The Morgan fingerprint density at radius 1 is 1.11 bits per heavy atom. The van der Waals surface area contributed by atoms with Crippen LogP contribution in [-0.4, -0.2) is 38.7 Å². The molecule has 1 aliphatic carbocycles. The number of nitrogen functional groups attached to an aromatic ring is 1. The van der Waals surface area contributed by atoms with Gasteiger partial charge in [-0.25, -0.2) is 9.97 Å². The lowest BCUT2D eigenvalue weighted by molar-refractivity contribution is -0.171. The van der Waals surface area contributed by atoms with Crippen molar-refractivity contribution in [1.29, 1.82) is 0 Å². The fraction of sp³-hybridized carbons (Fsp3) is 0.471. The normalized spacial score (nSPS) is 19.6. The van der Waals surface area contributed by atoms with Crippen molar-refractivity contribution in [3.8, 4) is 5.95 Å². The van der Waals surface area contributed by atoms with Crippen LogP contribution in [0.3, 0.4) is 0 Å². The minimum Gasteiger partial charge on any atom is -0.383 e. The Balaban J connectivity index is 1.68. The number of anilines is 1. The molecular weight excluding hydrogens is 363 g/mol. The first-order valence-corrected chi connectivity index (χ1v) is 8.58. The highest BCUT2D eigenvalue weighted by Crippen LogP contribution is 2.41. The van der Waals surface area contributed by atoms with Crippen LogP contribution in [0.4, 0.5) is 19.0 Å². The summed E-state index contributed by atoms with van der Waals surface area (Å²) >= 11 is 0. The minimum absolute atomic E-state index is 0.0134. The third-order valence-corrected chi connectivity index (χ3v) is 4.79. The molecule has 2 fully saturated rings. The van der Waals surface area contributed by atoms with Crippen molar-refractivity contribution in [3.63, 3.8) is 0 Å². The molecule has 0 amide bonds. The van der Waals surface area contributed by atoms with Gasteiger partial charge in [0.25, 0.3) is 5.95 Å². The lowest BCUT2D eigenvalue weighted by atomic mass is 9.88. The van der Waals surface area contributed by atoms with E-state index >= 15 is 0 Å². The van der Waals surface area contributed by atoms with Gasteiger partial charge in [-0.05, 0) is 25.0 Å². The van der Waals surface area contributed by atoms with Gasteiger partial charge in [0.05, 0.1) is 13.2 Å². The van der Waals surface area contributed by atoms with Crippen LogP contribution >= 0.6 is 0 Å². The van der Waals surface area contributed by atoms with Crippen LogP contribution in [0, 0.1) is 0 Å². The van der Waals surface area contributed by atoms with Crippen LogP contribution in [-0.2, 0) is 15.7 Å². The number of hydrogen-bond acceptors (Lipinski definition) is 6. The Morgan fingerprint density at radius 2 is 1.74 bits per heavy atom. The number of nitrogens with two attached hydrogens (primary N) is 1. The summed E-state index contributed by atoms with van der Waals surface area (Å²) < 4.78 is 52.8. The number of hydrogen-bond donors (Lipinski definition) is 1. The molecular formula is C17H18F3N5O2. The second kappa shape index (κ2) is 6.61. The first kappa shape index (κ1) is 17.9. The van der Waals surface area contributed by atoms with E-state index < -0.39 is 17.7 Å². The lowest BCUT2D eigenvalue weighted by Gasteiger charge is -2.32. The van der Waals surface area contributed by atoms with Crippen LogP contribution in [0.5, 0.6) is 0 Å². The van der Waals surface area contributed by atoms with Gasteiger partial charge >= 0.3 is 6.18 Å². The second-order valence-electron chi connectivity index (χ2n) is 6.52. The molecule has 1 saturated carbocycles. The summed E-state index contributed by atoms with van der Waals surface area (Å²) in [5.41, 5.74) is 5.64. The van der Waals surface area contributed by atoms with Gasteiger partial charge in [-0.1, -0.05) is 5.57 Å². The molecule has 1 spiro atoms. The Morgan fingerprint density at radius 3 is 2.33 bits per heavy atom. The van der Waals surface area contributed by atoms with Crippen molar-refractivity contribution in [2.24, 2.45) is 0 Å². The minimum atomic E-state index is -4.64. The van der Waals surface area contributed by atoms with E-state index in [0.717, 1.165) is 10.3 Å². The van der Waals surface area contributed by atoms with Gasteiger partial charge < -0.3 is 15.2 Å². The molecule has 2 aromatic rings. The number of rotatable bonds is 2. The molecule has 10 heteroatoms. The molecule has 2 aliphatic rings.